The van der Waals surface area contributed by atoms with Crippen LogP contribution in [-0.2, 0) is 22.7 Å². The van der Waals surface area contributed by atoms with Crippen LogP contribution < -0.4 is 10.2 Å². The number of carbonyl (C=O) groups is 2. The average molecular weight is 555 g/mol. The number of likely N-dealkylation sites (N-methyl/N-ethyl adjacent to an activating group) is 1. The van der Waals surface area contributed by atoms with Crippen molar-refractivity contribution < 1.29 is 14.1 Å². The Morgan fingerprint density at radius 2 is 1.82 bits per heavy atom. The number of hydrazine groups is 1. The third kappa shape index (κ3) is 7.80. The molecule has 0 aliphatic carbocycles. The summed E-state index contributed by atoms with van der Waals surface area (Å²) in [6.07, 6.45) is 1.93. The van der Waals surface area contributed by atoms with Crippen molar-refractivity contribution in [1.29, 1.82) is 0 Å². The van der Waals surface area contributed by atoms with Gasteiger partial charge in [0.2, 0.25) is 17.6 Å². The number of hydrogen-bond acceptors (Lipinski definition) is 7. The van der Waals surface area contributed by atoms with Gasteiger partial charge >= 0.3 is 0 Å². The highest BCUT2D eigenvalue weighted by Gasteiger charge is 2.27. The normalized spacial score (nSPS) is 12.7. The van der Waals surface area contributed by atoms with Crippen molar-refractivity contribution in [2.24, 2.45) is 5.92 Å². The third-order valence-corrected chi connectivity index (χ3v) is 6.94. The Kier molecular flexibility index (Phi) is 10.5. The molecule has 0 bridgehead atoms. The second-order valence-corrected chi connectivity index (χ2v) is 10.5. The average Bonchev–Trinajstić information content (AvgIpc) is 3.52. The Hall–Kier alpha value is -3.43. The van der Waals surface area contributed by atoms with E-state index in [0.29, 0.717) is 53.5 Å². The molecule has 2 heterocycles. The van der Waals surface area contributed by atoms with Crippen molar-refractivity contribution >= 4 is 29.1 Å². The predicted octanol–water partition coefficient (Wildman–Crippen LogP) is 5.08. The fourth-order valence-electron chi connectivity index (χ4n) is 4.45. The van der Waals surface area contributed by atoms with E-state index in [9.17, 15) is 9.59 Å². The molecular weight excluding hydrogens is 516 g/mol. The molecule has 2 amide bonds. The van der Waals surface area contributed by atoms with E-state index in [1.807, 2.05) is 17.1 Å². The van der Waals surface area contributed by atoms with Crippen LogP contribution in [0, 0.1) is 12.8 Å². The second kappa shape index (κ2) is 13.6. The van der Waals surface area contributed by atoms with Gasteiger partial charge in [0.15, 0.2) is 0 Å². The number of benzene rings is 2. The largest absolute Gasteiger partial charge is 0.355 e. The fourth-order valence-corrected chi connectivity index (χ4v) is 4.69. The van der Waals surface area contributed by atoms with Crippen molar-refractivity contribution in [2.75, 3.05) is 31.6 Å². The Morgan fingerprint density at radius 3 is 2.44 bits per heavy atom. The first-order valence-corrected chi connectivity index (χ1v) is 13.3. The van der Waals surface area contributed by atoms with Gasteiger partial charge in [0.05, 0.1) is 23.8 Å². The van der Waals surface area contributed by atoms with E-state index in [2.05, 4.69) is 41.4 Å². The highest BCUT2D eigenvalue weighted by atomic mass is 35.5. The minimum Gasteiger partial charge on any atom is -0.355 e. The van der Waals surface area contributed by atoms with Crippen molar-refractivity contribution in [3.05, 3.63) is 64.5 Å². The summed E-state index contributed by atoms with van der Waals surface area (Å²) >= 11 is 6.61. The van der Waals surface area contributed by atoms with Gasteiger partial charge in [0.25, 0.3) is 5.91 Å². The quantitative estimate of drug-likeness (QED) is 0.330. The topological polar surface area (TPSA) is 94.8 Å². The Bertz CT molecular complexity index is 1250. The standard InChI is InChI=1S/C28H35ClN6O3.CH4/c1-19(2)8-7-13-30-26(36)17-34(25-14-21(11-12-24(25)29)28-31-20(3)38-32-28)18-27(37)33(4)35-15-22-9-5-6-10-23(22)16-35;/h5-6,9-12,14,19H,7-8,13,15-18H2,1-4H3,(H,30,36);1H4. The first-order valence-electron chi connectivity index (χ1n) is 12.9. The number of nitrogens with zero attached hydrogens (tertiary/aromatic N) is 5. The Labute approximate surface area is 236 Å². The minimum atomic E-state index is -0.172. The SMILES string of the molecule is C.Cc1nc(-c2ccc(Cl)c(N(CC(=O)NCCCC(C)C)CC(=O)N(C)N3Cc4ccccc4C3)c2)no1. The molecule has 1 aliphatic heterocycles. The number of aromatic nitrogens is 2. The van der Waals surface area contributed by atoms with Crippen molar-refractivity contribution in [1.82, 2.24) is 25.5 Å². The Morgan fingerprint density at radius 1 is 1.13 bits per heavy atom. The van der Waals surface area contributed by atoms with E-state index in [-0.39, 0.29) is 32.3 Å². The van der Waals surface area contributed by atoms with E-state index >= 15 is 0 Å². The van der Waals surface area contributed by atoms with Gasteiger partial charge in [-0.25, -0.2) is 5.01 Å². The summed E-state index contributed by atoms with van der Waals surface area (Å²) in [5.41, 5.74) is 3.64. The fraction of sp³-hybridized carbons (Fsp3) is 0.448. The molecule has 0 atom stereocenters. The highest BCUT2D eigenvalue weighted by Crippen LogP contribution is 2.31. The third-order valence-electron chi connectivity index (χ3n) is 6.62. The number of aryl methyl sites for hydroxylation is 1. The van der Waals surface area contributed by atoms with E-state index in [1.54, 1.807) is 42.1 Å². The van der Waals surface area contributed by atoms with E-state index < -0.39 is 0 Å². The maximum absolute atomic E-state index is 13.5. The molecule has 210 valence electrons. The molecular formula is C29H39ClN6O3. The van der Waals surface area contributed by atoms with Crippen LogP contribution in [0.4, 0.5) is 5.69 Å². The molecule has 4 rings (SSSR count). The van der Waals surface area contributed by atoms with Gasteiger partial charge in [-0.2, -0.15) is 4.98 Å². The van der Waals surface area contributed by atoms with E-state index in [4.69, 9.17) is 16.1 Å². The summed E-state index contributed by atoms with van der Waals surface area (Å²) in [5, 5.41) is 11.0. The zero-order chi connectivity index (χ0) is 27.2. The zero-order valence-corrected chi connectivity index (χ0v) is 23.2. The van der Waals surface area contributed by atoms with Crippen LogP contribution >= 0.6 is 11.6 Å². The maximum Gasteiger partial charge on any atom is 0.256 e. The summed E-state index contributed by atoms with van der Waals surface area (Å²) in [7, 11) is 1.76. The van der Waals surface area contributed by atoms with Gasteiger partial charge in [-0.15, -0.1) is 0 Å². The van der Waals surface area contributed by atoms with E-state index in [1.165, 1.54) is 11.1 Å². The summed E-state index contributed by atoms with van der Waals surface area (Å²) < 4.78 is 5.13. The molecule has 39 heavy (non-hydrogen) atoms. The van der Waals surface area contributed by atoms with Crippen LogP contribution in [0.1, 0.15) is 51.1 Å². The molecule has 0 unspecified atom stereocenters. The number of anilines is 1. The van der Waals surface area contributed by atoms with Crippen LogP contribution in [0.15, 0.2) is 47.0 Å². The van der Waals surface area contributed by atoms with Gasteiger partial charge in [-0.1, -0.05) is 62.3 Å². The molecule has 3 aromatic rings. The van der Waals surface area contributed by atoms with Gasteiger partial charge in [0.1, 0.15) is 0 Å². The number of amides is 2. The van der Waals surface area contributed by atoms with Gasteiger partial charge in [0, 0.05) is 39.2 Å². The minimum absolute atomic E-state index is 0. The number of carbonyl (C=O) groups excluding carboxylic acids is 2. The molecule has 1 N–H and O–H groups in total. The lowest BCUT2D eigenvalue weighted by Gasteiger charge is -2.31. The molecule has 0 spiro atoms. The molecule has 1 aliphatic rings. The highest BCUT2D eigenvalue weighted by molar-refractivity contribution is 6.33. The van der Waals surface area contributed by atoms with Crippen molar-refractivity contribution in [3.8, 4) is 11.4 Å². The Balaban J connectivity index is 0.00000420. The molecule has 0 fully saturated rings. The van der Waals surface area contributed by atoms with Gasteiger partial charge in [-0.05, 0) is 48.1 Å². The zero-order valence-electron chi connectivity index (χ0n) is 22.4. The second-order valence-electron chi connectivity index (χ2n) is 10.1. The number of halogens is 1. The summed E-state index contributed by atoms with van der Waals surface area (Å²) in [4.78, 5) is 32.4. The molecule has 9 nitrogen and oxygen atoms in total. The summed E-state index contributed by atoms with van der Waals surface area (Å²) in [6.45, 7) is 7.88. The lowest BCUT2D eigenvalue weighted by Crippen LogP contribution is -2.48. The number of hydrogen-bond donors (Lipinski definition) is 1. The molecule has 10 heteroatoms. The van der Waals surface area contributed by atoms with Gasteiger partial charge < -0.3 is 14.7 Å². The molecule has 0 radical (unpaired) electrons. The first-order chi connectivity index (χ1) is 18.2. The molecule has 1 aromatic heterocycles. The lowest BCUT2D eigenvalue weighted by molar-refractivity contribution is -0.145. The number of rotatable bonds is 11. The summed E-state index contributed by atoms with van der Waals surface area (Å²) in [6, 6.07) is 13.5. The lowest BCUT2D eigenvalue weighted by atomic mass is 10.1. The molecule has 2 aromatic carbocycles. The maximum atomic E-state index is 13.5. The van der Waals surface area contributed by atoms with Crippen LogP contribution in [0.2, 0.25) is 5.02 Å². The smallest absolute Gasteiger partial charge is 0.256 e. The van der Waals surface area contributed by atoms with Crippen LogP contribution in [0.3, 0.4) is 0 Å². The number of nitrogens with one attached hydrogen (secondary N) is 1. The molecule has 0 saturated carbocycles. The van der Waals surface area contributed by atoms with E-state index in [0.717, 1.165) is 12.8 Å². The summed E-state index contributed by atoms with van der Waals surface area (Å²) in [5.74, 6) is 1.11. The monoisotopic (exact) mass is 554 g/mol. The van der Waals surface area contributed by atoms with Crippen molar-refractivity contribution in [3.63, 3.8) is 0 Å². The van der Waals surface area contributed by atoms with Crippen LogP contribution in [0.5, 0.6) is 0 Å². The first kappa shape index (κ1) is 30.1. The predicted molar refractivity (Wildman–Crippen MR) is 154 cm³/mol. The van der Waals surface area contributed by atoms with Gasteiger partial charge in [-0.3, -0.25) is 14.6 Å². The van der Waals surface area contributed by atoms with Crippen molar-refractivity contribution in [2.45, 2.75) is 54.1 Å². The number of fused-ring (bicyclic) bond motifs is 1. The van der Waals surface area contributed by atoms with Crippen LogP contribution in [0.25, 0.3) is 11.4 Å². The van der Waals surface area contributed by atoms with Crippen LogP contribution in [-0.4, -0.2) is 58.7 Å². The molecule has 0 saturated heterocycles.